The van der Waals surface area contributed by atoms with Crippen molar-refractivity contribution in [2.45, 2.75) is 33.2 Å². The normalized spacial score (nSPS) is 12.3. The fourth-order valence-electron chi connectivity index (χ4n) is 2.24. The summed E-state index contributed by atoms with van der Waals surface area (Å²) in [6.07, 6.45) is 0.375. The molecule has 0 saturated heterocycles. The van der Waals surface area contributed by atoms with E-state index in [-0.39, 0.29) is 11.8 Å². The summed E-state index contributed by atoms with van der Waals surface area (Å²) >= 11 is 12.0. The maximum Gasteiger partial charge on any atom is 0.247 e. The molecule has 0 aliphatic heterocycles. The minimum Gasteiger partial charge on any atom is -0.344 e. The van der Waals surface area contributed by atoms with Gasteiger partial charge in [0.2, 0.25) is 11.8 Å². The number of carbonyl (C=O) groups excluding carboxylic acids is 2. The summed E-state index contributed by atoms with van der Waals surface area (Å²) in [6.45, 7) is 5.40. The van der Waals surface area contributed by atoms with E-state index in [9.17, 15) is 9.59 Å². The van der Waals surface area contributed by atoms with Gasteiger partial charge < -0.3 is 10.6 Å². The SMILES string of the molecule is CC(C)(C)C(=O)NC(Cc1ccccc1)C(=O)Nc1ccc(Cl)cc1Cl. The third-order valence-electron chi connectivity index (χ3n) is 3.77. The molecule has 0 spiro atoms. The van der Waals surface area contributed by atoms with Gasteiger partial charge in [-0.25, -0.2) is 0 Å². The molecule has 0 heterocycles. The average molecular weight is 393 g/mol. The summed E-state index contributed by atoms with van der Waals surface area (Å²) in [7, 11) is 0. The van der Waals surface area contributed by atoms with Crippen LogP contribution >= 0.6 is 23.2 Å². The molecule has 138 valence electrons. The Hall–Kier alpha value is -2.04. The van der Waals surface area contributed by atoms with Crippen LogP contribution in [-0.4, -0.2) is 17.9 Å². The van der Waals surface area contributed by atoms with Crippen LogP contribution in [0.2, 0.25) is 10.0 Å². The van der Waals surface area contributed by atoms with Gasteiger partial charge in [-0.15, -0.1) is 0 Å². The standard InChI is InChI=1S/C20H22Cl2N2O2/c1-20(2,3)19(26)24-17(11-13-7-5-4-6-8-13)18(25)23-16-10-9-14(21)12-15(16)22/h4-10,12,17H,11H2,1-3H3,(H,23,25)(H,24,26). The van der Waals surface area contributed by atoms with Crippen LogP contribution in [0.1, 0.15) is 26.3 Å². The zero-order valence-corrected chi connectivity index (χ0v) is 16.5. The molecule has 1 atom stereocenters. The van der Waals surface area contributed by atoms with E-state index >= 15 is 0 Å². The number of anilines is 1. The summed E-state index contributed by atoms with van der Waals surface area (Å²) < 4.78 is 0. The van der Waals surface area contributed by atoms with Crippen LogP contribution in [-0.2, 0) is 16.0 Å². The summed E-state index contributed by atoms with van der Waals surface area (Å²) in [5.41, 5.74) is 0.792. The largest absolute Gasteiger partial charge is 0.344 e. The molecule has 26 heavy (non-hydrogen) atoms. The Kier molecular flexibility index (Phi) is 6.68. The molecule has 6 heteroatoms. The number of amides is 2. The molecule has 0 fully saturated rings. The summed E-state index contributed by atoms with van der Waals surface area (Å²) in [5, 5.41) is 6.43. The van der Waals surface area contributed by atoms with E-state index in [1.54, 1.807) is 39.0 Å². The molecular weight excluding hydrogens is 371 g/mol. The molecule has 0 aliphatic rings. The Balaban J connectivity index is 2.20. The topological polar surface area (TPSA) is 58.2 Å². The first kappa shape index (κ1) is 20.3. The van der Waals surface area contributed by atoms with Crippen molar-refractivity contribution in [2.75, 3.05) is 5.32 Å². The van der Waals surface area contributed by atoms with E-state index in [2.05, 4.69) is 10.6 Å². The Morgan fingerprint density at radius 1 is 1.04 bits per heavy atom. The molecule has 2 N–H and O–H groups in total. The number of hydrogen-bond acceptors (Lipinski definition) is 2. The van der Waals surface area contributed by atoms with E-state index in [1.165, 1.54) is 0 Å². The van der Waals surface area contributed by atoms with E-state index in [0.29, 0.717) is 22.2 Å². The summed E-state index contributed by atoms with van der Waals surface area (Å²) in [5.74, 6) is -0.536. The highest BCUT2D eigenvalue weighted by atomic mass is 35.5. The van der Waals surface area contributed by atoms with Gasteiger partial charge in [-0.2, -0.15) is 0 Å². The van der Waals surface area contributed by atoms with Crippen molar-refractivity contribution in [3.05, 3.63) is 64.1 Å². The molecule has 0 radical (unpaired) electrons. The first-order valence-electron chi connectivity index (χ1n) is 8.27. The Labute approximate surface area is 163 Å². The van der Waals surface area contributed by atoms with Crippen LogP contribution in [0.3, 0.4) is 0 Å². The van der Waals surface area contributed by atoms with Gasteiger partial charge in [-0.3, -0.25) is 9.59 Å². The number of benzene rings is 2. The van der Waals surface area contributed by atoms with E-state index in [1.807, 2.05) is 30.3 Å². The lowest BCUT2D eigenvalue weighted by Gasteiger charge is -2.24. The first-order valence-corrected chi connectivity index (χ1v) is 9.03. The maximum absolute atomic E-state index is 12.8. The number of nitrogens with one attached hydrogen (secondary N) is 2. The Morgan fingerprint density at radius 3 is 2.27 bits per heavy atom. The second-order valence-corrected chi connectivity index (χ2v) is 7.92. The second-order valence-electron chi connectivity index (χ2n) is 7.08. The molecule has 2 aromatic rings. The quantitative estimate of drug-likeness (QED) is 0.773. The van der Waals surface area contributed by atoms with Crippen LogP contribution in [0.4, 0.5) is 5.69 Å². The van der Waals surface area contributed by atoms with Crippen molar-refractivity contribution in [1.29, 1.82) is 0 Å². The van der Waals surface area contributed by atoms with Crippen LogP contribution in [0.5, 0.6) is 0 Å². The number of hydrogen-bond donors (Lipinski definition) is 2. The predicted molar refractivity (Wildman–Crippen MR) is 107 cm³/mol. The highest BCUT2D eigenvalue weighted by molar-refractivity contribution is 6.36. The maximum atomic E-state index is 12.8. The lowest BCUT2D eigenvalue weighted by molar-refractivity contribution is -0.132. The zero-order chi connectivity index (χ0) is 19.3. The molecule has 0 saturated carbocycles. The molecular formula is C20H22Cl2N2O2. The van der Waals surface area contributed by atoms with Crippen molar-refractivity contribution < 1.29 is 9.59 Å². The van der Waals surface area contributed by atoms with Crippen LogP contribution < -0.4 is 10.6 Å². The van der Waals surface area contributed by atoms with Crippen LogP contribution in [0.15, 0.2) is 48.5 Å². The van der Waals surface area contributed by atoms with Crippen molar-refractivity contribution in [3.8, 4) is 0 Å². The average Bonchev–Trinajstić information content (AvgIpc) is 2.56. The summed E-state index contributed by atoms with van der Waals surface area (Å²) in [6, 6.07) is 13.6. The van der Waals surface area contributed by atoms with Gasteiger partial charge >= 0.3 is 0 Å². The van der Waals surface area contributed by atoms with Gasteiger partial charge in [-0.05, 0) is 23.8 Å². The second kappa shape index (κ2) is 8.56. The molecule has 0 bridgehead atoms. The molecule has 0 aliphatic carbocycles. The van der Waals surface area contributed by atoms with Crippen molar-refractivity contribution >= 4 is 40.7 Å². The highest BCUT2D eigenvalue weighted by Gasteiger charge is 2.28. The van der Waals surface area contributed by atoms with Crippen molar-refractivity contribution in [1.82, 2.24) is 5.32 Å². The van der Waals surface area contributed by atoms with Gasteiger partial charge in [-0.1, -0.05) is 74.3 Å². The zero-order valence-electron chi connectivity index (χ0n) is 15.0. The molecule has 2 amide bonds. The first-order chi connectivity index (χ1) is 12.2. The Morgan fingerprint density at radius 2 is 1.69 bits per heavy atom. The summed E-state index contributed by atoms with van der Waals surface area (Å²) in [4.78, 5) is 25.2. The van der Waals surface area contributed by atoms with Crippen LogP contribution in [0.25, 0.3) is 0 Å². The molecule has 2 aromatic carbocycles. The molecule has 2 rings (SSSR count). The number of carbonyl (C=O) groups is 2. The fourth-order valence-corrected chi connectivity index (χ4v) is 2.70. The molecule has 1 unspecified atom stereocenters. The third-order valence-corrected chi connectivity index (χ3v) is 4.32. The lowest BCUT2D eigenvalue weighted by atomic mass is 9.94. The van der Waals surface area contributed by atoms with Crippen molar-refractivity contribution in [3.63, 3.8) is 0 Å². The highest BCUT2D eigenvalue weighted by Crippen LogP contribution is 2.25. The lowest BCUT2D eigenvalue weighted by Crippen LogP contribution is -2.48. The van der Waals surface area contributed by atoms with Crippen molar-refractivity contribution in [2.24, 2.45) is 5.41 Å². The predicted octanol–water partition coefficient (Wildman–Crippen LogP) is 4.71. The van der Waals surface area contributed by atoms with Gasteiger partial charge in [0.15, 0.2) is 0 Å². The third kappa shape index (κ3) is 5.75. The van der Waals surface area contributed by atoms with Gasteiger partial charge in [0.05, 0.1) is 10.7 Å². The smallest absolute Gasteiger partial charge is 0.247 e. The van der Waals surface area contributed by atoms with Gasteiger partial charge in [0.25, 0.3) is 0 Å². The molecule has 0 aromatic heterocycles. The Bertz CT molecular complexity index is 786. The van der Waals surface area contributed by atoms with Gasteiger partial charge in [0, 0.05) is 16.9 Å². The van der Waals surface area contributed by atoms with Gasteiger partial charge in [0.1, 0.15) is 6.04 Å². The van der Waals surface area contributed by atoms with E-state index in [4.69, 9.17) is 23.2 Å². The fraction of sp³-hybridized carbons (Fsp3) is 0.300. The minimum atomic E-state index is -0.726. The molecule has 4 nitrogen and oxygen atoms in total. The van der Waals surface area contributed by atoms with Crippen LogP contribution in [0, 0.1) is 5.41 Å². The number of halogens is 2. The van der Waals surface area contributed by atoms with E-state index in [0.717, 1.165) is 5.56 Å². The minimum absolute atomic E-state index is 0.198. The number of rotatable bonds is 5. The van der Waals surface area contributed by atoms with E-state index < -0.39 is 11.5 Å². The monoisotopic (exact) mass is 392 g/mol.